The molecule has 7 nitrogen and oxygen atoms in total. The molecule has 7 heteroatoms. The quantitative estimate of drug-likeness (QED) is 0.179. The molecule has 1 fully saturated rings. The van der Waals surface area contributed by atoms with Crippen LogP contribution in [0.5, 0.6) is 0 Å². The third-order valence-electron chi connectivity index (χ3n) is 5.76. The van der Waals surface area contributed by atoms with Gasteiger partial charge in [0.15, 0.2) is 0 Å². The lowest BCUT2D eigenvalue weighted by molar-refractivity contribution is -0.384. The maximum Gasteiger partial charge on any atom is 0.269 e. The lowest BCUT2D eigenvalue weighted by atomic mass is 10.1. The average molecular weight is 424 g/mol. The second-order valence-corrected chi connectivity index (χ2v) is 8.09. The smallest absolute Gasteiger partial charge is 0.269 e. The minimum Gasteiger partial charge on any atom is -0.369 e. The molecule has 31 heavy (non-hydrogen) atoms. The van der Waals surface area contributed by atoms with Crippen LogP contribution in [0.4, 0.5) is 22.7 Å². The summed E-state index contributed by atoms with van der Waals surface area (Å²) < 4.78 is 0. The fourth-order valence-corrected chi connectivity index (χ4v) is 3.83. The molecule has 0 radical (unpaired) electrons. The molecule has 0 unspecified atom stereocenters. The Morgan fingerprint density at radius 1 is 0.806 bits per heavy atom. The predicted molar refractivity (Wildman–Crippen MR) is 126 cm³/mol. The van der Waals surface area contributed by atoms with E-state index in [0.717, 1.165) is 31.9 Å². The fourth-order valence-electron chi connectivity index (χ4n) is 3.83. The SMILES string of the molecule is CCCCCCCCN1CCN(c2ccc(N=Nc3ccc([N+](=O)[O-])cc3)cc2)CC1. The van der Waals surface area contributed by atoms with Crippen LogP contribution in [0.3, 0.4) is 0 Å². The summed E-state index contributed by atoms with van der Waals surface area (Å²) in [5.41, 5.74) is 2.63. The molecule has 2 aromatic carbocycles. The van der Waals surface area contributed by atoms with Crippen molar-refractivity contribution in [3.63, 3.8) is 0 Å². The number of non-ortho nitro benzene ring substituents is 1. The maximum atomic E-state index is 10.7. The van der Waals surface area contributed by atoms with Gasteiger partial charge in [-0.15, -0.1) is 0 Å². The van der Waals surface area contributed by atoms with Crippen LogP contribution in [-0.2, 0) is 0 Å². The van der Waals surface area contributed by atoms with E-state index in [-0.39, 0.29) is 5.69 Å². The molecular weight excluding hydrogens is 390 g/mol. The third-order valence-corrected chi connectivity index (χ3v) is 5.76. The molecule has 0 spiro atoms. The molecule has 1 saturated heterocycles. The van der Waals surface area contributed by atoms with Gasteiger partial charge in [0.2, 0.25) is 0 Å². The average Bonchev–Trinajstić information content (AvgIpc) is 2.81. The number of piperazine rings is 1. The Morgan fingerprint density at radius 3 is 1.94 bits per heavy atom. The van der Waals surface area contributed by atoms with Crippen LogP contribution in [0.2, 0.25) is 0 Å². The van der Waals surface area contributed by atoms with E-state index >= 15 is 0 Å². The van der Waals surface area contributed by atoms with Gasteiger partial charge in [0, 0.05) is 44.0 Å². The van der Waals surface area contributed by atoms with Crippen molar-refractivity contribution in [2.75, 3.05) is 37.6 Å². The zero-order chi connectivity index (χ0) is 21.9. The molecule has 166 valence electrons. The first-order chi connectivity index (χ1) is 15.2. The van der Waals surface area contributed by atoms with Crippen LogP contribution in [0.15, 0.2) is 58.8 Å². The van der Waals surface area contributed by atoms with Crippen LogP contribution in [-0.4, -0.2) is 42.5 Å². The number of nitro groups is 1. The Hall–Kier alpha value is -2.80. The topological polar surface area (TPSA) is 74.3 Å². The Labute approximate surface area is 184 Å². The van der Waals surface area contributed by atoms with Gasteiger partial charge in [-0.05, 0) is 49.4 Å². The fraction of sp³-hybridized carbons (Fsp3) is 0.500. The number of unbranched alkanes of at least 4 members (excludes halogenated alkanes) is 5. The number of azo groups is 1. The summed E-state index contributed by atoms with van der Waals surface area (Å²) in [7, 11) is 0. The van der Waals surface area contributed by atoms with Crippen LogP contribution in [0.1, 0.15) is 45.4 Å². The highest BCUT2D eigenvalue weighted by Gasteiger charge is 2.16. The summed E-state index contributed by atoms with van der Waals surface area (Å²) in [4.78, 5) is 15.3. The Morgan fingerprint density at radius 2 is 1.35 bits per heavy atom. The third kappa shape index (κ3) is 7.43. The number of benzene rings is 2. The van der Waals surface area contributed by atoms with E-state index in [2.05, 4.69) is 39.1 Å². The molecule has 1 aliphatic heterocycles. The number of hydrogen-bond donors (Lipinski definition) is 0. The van der Waals surface area contributed by atoms with E-state index in [1.165, 1.54) is 62.9 Å². The Kier molecular flexibility index (Phi) is 8.97. The number of nitrogens with zero attached hydrogens (tertiary/aromatic N) is 5. The van der Waals surface area contributed by atoms with Gasteiger partial charge in [-0.25, -0.2) is 0 Å². The van der Waals surface area contributed by atoms with Crippen molar-refractivity contribution >= 4 is 22.7 Å². The van der Waals surface area contributed by atoms with E-state index in [1.54, 1.807) is 12.1 Å². The monoisotopic (exact) mass is 423 g/mol. The lowest BCUT2D eigenvalue weighted by Gasteiger charge is -2.36. The highest BCUT2D eigenvalue weighted by atomic mass is 16.6. The molecule has 0 amide bonds. The first-order valence-electron chi connectivity index (χ1n) is 11.4. The first kappa shape index (κ1) is 22.9. The summed E-state index contributed by atoms with van der Waals surface area (Å²) in [6.07, 6.45) is 8.12. The second-order valence-electron chi connectivity index (χ2n) is 8.09. The van der Waals surface area contributed by atoms with Crippen molar-refractivity contribution in [2.45, 2.75) is 45.4 Å². The van der Waals surface area contributed by atoms with Gasteiger partial charge in [0.05, 0.1) is 16.3 Å². The minimum absolute atomic E-state index is 0.0513. The standard InChI is InChI=1S/C24H33N5O2/c1-2-3-4-5-6-7-16-27-17-19-28(20-18-27)23-12-8-21(9-13-23)25-26-22-10-14-24(15-11-22)29(30)31/h8-15H,2-7,16-20H2,1H3. The van der Waals surface area contributed by atoms with Crippen LogP contribution in [0, 0.1) is 10.1 Å². The lowest BCUT2D eigenvalue weighted by Crippen LogP contribution is -2.46. The predicted octanol–water partition coefficient (Wildman–Crippen LogP) is 6.49. The van der Waals surface area contributed by atoms with Crippen molar-refractivity contribution in [3.05, 3.63) is 58.6 Å². The Balaban J connectivity index is 1.42. The summed E-state index contributed by atoms with van der Waals surface area (Å²) in [5, 5.41) is 19.1. The number of nitro benzene ring substituents is 1. The zero-order valence-corrected chi connectivity index (χ0v) is 18.4. The van der Waals surface area contributed by atoms with Crippen LogP contribution in [0.25, 0.3) is 0 Å². The highest BCUT2D eigenvalue weighted by molar-refractivity contribution is 5.53. The van der Waals surface area contributed by atoms with Crippen LogP contribution < -0.4 is 4.90 Å². The summed E-state index contributed by atoms with van der Waals surface area (Å²) >= 11 is 0. The second kappa shape index (κ2) is 12.2. The van der Waals surface area contributed by atoms with E-state index in [4.69, 9.17) is 0 Å². The number of rotatable bonds is 11. The van der Waals surface area contributed by atoms with Gasteiger partial charge in [-0.1, -0.05) is 39.0 Å². The van der Waals surface area contributed by atoms with Gasteiger partial charge in [-0.3, -0.25) is 15.0 Å². The maximum absolute atomic E-state index is 10.7. The van der Waals surface area contributed by atoms with E-state index in [1.807, 2.05) is 12.1 Å². The minimum atomic E-state index is -0.423. The number of anilines is 1. The molecule has 1 aliphatic rings. The van der Waals surface area contributed by atoms with Crippen molar-refractivity contribution in [2.24, 2.45) is 10.2 Å². The molecular formula is C24H33N5O2. The van der Waals surface area contributed by atoms with Gasteiger partial charge in [0.1, 0.15) is 0 Å². The molecule has 0 aromatic heterocycles. The number of hydrogen-bond acceptors (Lipinski definition) is 6. The van der Waals surface area contributed by atoms with Crippen molar-refractivity contribution in [3.8, 4) is 0 Å². The summed E-state index contributed by atoms with van der Waals surface area (Å²) in [5.74, 6) is 0. The molecule has 1 heterocycles. The van der Waals surface area contributed by atoms with E-state index in [9.17, 15) is 10.1 Å². The van der Waals surface area contributed by atoms with Gasteiger partial charge in [0.25, 0.3) is 5.69 Å². The molecule has 0 saturated carbocycles. The molecule has 0 atom stereocenters. The first-order valence-corrected chi connectivity index (χ1v) is 11.4. The van der Waals surface area contributed by atoms with Crippen LogP contribution >= 0.6 is 0 Å². The van der Waals surface area contributed by atoms with Crippen molar-refractivity contribution < 1.29 is 4.92 Å². The van der Waals surface area contributed by atoms with Gasteiger partial charge in [-0.2, -0.15) is 10.2 Å². The van der Waals surface area contributed by atoms with Crippen molar-refractivity contribution in [1.82, 2.24) is 4.90 Å². The van der Waals surface area contributed by atoms with E-state index < -0.39 is 4.92 Å². The Bertz CT molecular complexity index is 828. The summed E-state index contributed by atoms with van der Waals surface area (Å²) in [6, 6.07) is 14.2. The molecule has 2 aromatic rings. The molecule has 0 bridgehead atoms. The van der Waals surface area contributed by atoms with Gasteiger partial charge >= 0.3 is 0 Å². The molecule has 0 aliphatic carbocycles. The molecule has 0 N–H and O–H groups in total. The highest BCUT2D eigenvalue weighted by Crippen LogP contribution is 2.24. The largest absolute Gasteiger partial charge is 0.369 e. The summed E-state index contributed by atoms with van der Waals surface area (Å²) in [6.45, 7) is 7.84. The molecule has 3 rings (SSSR count). The van der Waals surface area contributed by atoms with Crippen molar-refractivity contribution in [1.29, 1.82) is 0 Å². The van der Waals surface area contributed by atoms with E-state index in [0.29, 0.717) is 5.69 Å². The zero-order valence-electron chi connectivity index (χ0n) is 18.4. The normalized spacial score (nSPS) is 14.9. The van der Waals surface area contributed by atoms with Gasteiger partial charge < -0.3 is 4.90 Å².